The fourth-order valence-electron chi connectivity index (χ4n) is 5.70. The van der Waals surface area contributed by atoms with E-state index in [9.17, 15) is 23.5 Å². The minimum atomic E-state index is -0.973. The van der Waals surface area contributed by atoms with Crippen LogP contribution in [0.1, 0.15) is 16.9 Å². The first-order valence-electron chi connectivity index (χ1n) is 12.6. The molecule has 198 valence electrons. The number of hydrogen-bond donors (Lipinski definition) is 1. The van der Waals surface area contributed by atoms with Crippen molar-refractivity contribution in [3.63, 3.8) is 0 Å². The molecule has 1 amide bonds. The molecular weight excluding hydrogens is 506 g/mol. The molecule has 0 spiro atoms. The maximum absolute atomic E-state index is 14.3. The smallest absolute Gasteiger partial charge is 0.407 e. The number of ether oxygens (including phenoxy) is 1. The molecule has 0 radical (unpaired) electrons. The van der Waals surface area contributed by atoms with Crippen LogP contribution in [0.2, 0.25) is 0 Å². The van der Waals surface area contributed by atoms with Gasteiger partial charge in [-0.05, 0) is 47.9 Å². The number of carbonyl (C=O) groups excluding carboxylic acids is 1. The summed E-state index contributed by atoms with van der Waals surface area (Å²) in [5.74, 6) is -1.41. The van der Waals surface area contributed by atoms with Crippen molar-refractivity contribution in [1.29, 1.82) is 0 Å². The maximum Gasteiger partial charge on any atom is 0.407 e. The number of benzene rings is 2. The Kier molecular flexibility index (Phi) is 6.40. The number of piperidine rings is 1. The third-order valence-corrected chi connectivity index (χ3v) is 7.42. The number of amides is 1. The summed E-state index contributed by atoms with van der Waals surface area (Å²) in [5.41, 5.74) is 3.90. The zero-order valence-corrected chi connectivity index (χ0v) is 20.8. The number of nitrogens with zero attached hydrogens (tertiary/aromatic N) is 4. The van der Waals surface area contributed by atoms with Gasteiger partial charge in [0.15, 0.2) is 6.29 Å². The van der Waals surface area contributed by atoms with Crippen LogP contribution in [0.25, 0.3) is 33.2 Å². The average Bonchev–Trinajstić information content (AvgIpc) is 2.95. The molecule has 2 aromatic carbocycles. The van der Waals surface area contributed by atoms with E-state index in [1.54, 1.807) is 24.5 Å². The zero-order chi connectivity index (χ0) is 27.1. The summed E-state index contributed by atoms with van der Waals surface area (Å²) >= 11 is 0. The van der Waals surface area contributed by atoms with E-state index in [1.165, 1.54) is 17.0 Å². The number of pyridine rings is 2. The van der Waals surface area contributed by atoms with Crippen molar-refractivity contribution < 1.29 is 28.2 Å². The van der Waals surface area contributed by atoms with Gasteiger partial charge in [-0.15, -0.1) is 0 Å². The molecule has 1 N–H and O–H groups in total. The monoisotopic (exact) mass is 530 g/mol. The van der Waals surface area contributed by atoms with Gasteiger partial charge in [0, 0.05) is 54.6 Å². The molecule has 4 heterocycles. The van der Waals surface area contributed by atoms with Gasteiger partial charge in [-0.25, -0.2) is 13.6 Å². The molecule has 4 aromatic rings. The molecule has 2 aliphatic rings. The molecule has 2 aromatic heterocycles. The standard InChI is InChI=1S/C29H24F2N4O4/c30-19-10-18(11-20(31)13-19)23-14-33-24-4-3-17(21-2-1-6-32-25(21)16-36)12-22(24)28(23)34-7-5-26-27(15-34)39-9-8-35(26)29(37)38/h1-4,6,10-14,16,26-27H,5,7-9,15H2,(H,37,38). The molecule has 8 nitrogen and oxygen atoms in total. The number of fused-ring (bicyclic) bond motifs is 2. The Labute approximate surface area is 222 Å². The number of aldehydes is 1. The minimum absolute atomic E-state index is 0.281. The summed E-state index contributed by atoms with van der Waals surface area (Å²) in [6.45, 7) is 1.49. The highest BCUT2D eigenvalue weighted by atomic mass is 19.1. The lowest BCUT2D eigenvalue weighted by molar-refractivity contribution is -0.0659. The van der Waals surface area contributed by atoms with E-state index < -0.39 is 17.7 Å². The predicted molar refractivity (Wildman–Crippen MR) is 141 cm³/mol. The number of rotatable bonds is 4. The van der Waals surface area contributed by atoms with Crippen LogP contribution in [0.4, 0.5) is 19.3 Å². The SMILES string of the molecule is O=Cc1ncccc1-c1ccc2ncc(-c3cc(F)cc(F)c3)c(N3CCC4C(C3)OCCN4C(=O)O)c2c1. The van der Waals surface area contributed by atoms with Crippen molar-refractivity contribution in [2.45, 2.75) is 18.6 Å². The number of anilines is 1. The Morgan fingerprint density at radius 3 is 2.62 bits per heavy atom. The second-order valence-corrected chi connectivity index (χ2v) is 9.65. The Hall–Kier alpha value is -4.44. The lowest BCUT2D eigenvalue weighted by Gasteiger charge is -2.46. The quantitative estimate of drug-likeness (QED) is 0.371. The zero-order valence-electron chi connectivity index (χ0n) is 20.8. The molecule has 6 rings (SSSR count). The van der Waals surface area contributed by atoms with Crippen molar-refractivity contribution in [3.8, 4) is 22.3 Å². The maximum atomic E-state index is 14.3. The molecule has 2 fully saturated rings. The van der Waals surface area contributed by atoms with Crippen molar-refractivity contribution in [2.24, 2.45) is 0 Å². The van der Waals surface area contributed by atoms with Crippen LogP contribution in [0.15, 0.2) is 60.9 Å². The van der Waals surface area contributed by atoms with Crippen LogP contribution >= 0.6 is 0 Å². The second kappa shape index (κ2) is 10.0. The highest BCUT2D eigenvalue weighted by molar-refractivity contribution is 6.02. The van der Waals surface area contributed by atoms with Crippen LogP contribution in [0.5, 0.6) is 0 Å². The van der Waals surface area contributed by atoms with Crippen molar-refractivity contribution >= 4 is 29.0 Å². The molecule has 10 heteroatoms. The van der Waals surface area contributed by atoms with E-state index in [0.29, 0.717) is 72.5 Å². The summed E-state index contributed by atoms with van der Waals surface area (Å²) < 4.78 is 34.6. The van der Waals surface area contributed by atoms with Gasteiger partial charge in [-0.2, -0.15) is 0 Å². The largest absolute Gasteiger partial charge is 0.465 e. The lowest BCUT2D eigenvalue weighted by Crippen LogP contribution is -2.60. The van der Waals surface area contributed by atoms with Gasteiger partial charge in [0.1, 0.15) is 17.3 Å². The average molecular weight is 531 g/mol. The van der Waals surface area contributed by atoms with Crippen LogP contribution < -0.4 is 4.90 Å². The Morgan fingerprint density at radius 2 is 1.85 bits per heavy atom. The lowest BCUT2D eigenvalue weighted by atomic mass is 9.94. The van der Waals surface area contributed by atoms with E-state index in [2.05, 4.69) is 14.9 Å². The van der Waals surface area contributed by atoms with Gasteiger partial charge in [0.2, 0.25) is 0 Å². The molecule has 2 aliphatic heterocycles. The van der Waals surface area contributed by atoms with E-state index in [-0.39, 0.29) is 12.1 Å². The van der Waals surface area contributed by atoms with Crippen LogP contribution in [-0.4, -0.2) is 70.7 Å². The van der Waals surface area contributed by atoms with Crippen LogP contribution in [0.3, 0.4) is 0 Å². The summed E-state index contributed by atoms with van der Waals surface area (Å²) in [7, 11) is 0. The normalized spacial score (nSPS) is 19.1. The molecule has 39 heavy (non-hydrogen) atoms. The highest BCUT2D eigenvalue weighted by Gasteiger charge is 2.40. The number of hydrogen-bond acceptors (Lipinski definition) is 6. The van der Waals surface area contributed by atoms with Gasteiger partial charge < -0.3 is 19.6 Å². The van der Waals surface area contributed by atoms with E-state index >= 15 is 0 Å². The van der Waals surface area contributed by atoms with E-state index in [0.717, 1.165) is 17.0 Å². The highest BCUT2D eigenvalue weighted by Crippen LogP contribution is 2.41. The molecule has 0 bridgehead atoms. The fraction of sp³-hybridized carbons (Fsp3) is 0.241. The Morgan fingerprint density at radius 1 is 1.03 bits per heavy atom. The summed E-state index contributed by atoms with van der Waals surface area (Å²) in [6.07, 6.45) is 3.03. The van der Waals surface area contributed by atoms with Gasteiger partial charge in [-0.1, -0.05) is 12.1 Å². The van der Waals surface area contributed by atoms with Crippen molar-refractivity contribution in [3.05, 3.63) is 78.3 Å². The second-order valence-electron chi connectivity index (χ2n) is 9.65. The number of halogens is 2. The topological polar surface area (TPSA) is 95.9 Å². The fourth-order valence-corrected chi connectivity index (χ4v) is 5.70. The molecule has 2 saturated heterocycles. The third-order valence-electron chi connectivity index (χ3n) is 7.42. The number of morpholine rings is 1. The van der Waals surface area contributed by atoms with Gasteiger partial charge >= 0.3 is 6.09 Å². The van der Waals surface area contributed by atoms with Crippen LogP contribution in [0, 0.1) is 11.6 Å². The summed E-state index contributed by atoms with van der Waals surface area (Å²) in [5, 5.41) is 10.4. The van der Waals surface area contributed by atoms with Crippen molar-refractivity contribution in [1.82, 2.24) is 14.9 Å². The van der Waals surface area contributed by atoms with Gasteiger partial charge in [-0.3, -0.25) is 14.8 Å². The first-order chi connectivity index (χ1) is 18.9. The van der Waals surface area contributed by atoms with Crippen molar-refractivity contribution in [2.75, 3.05) is 31.1 Å². The minimum Gasteiger partial charge on any atom is -0.465 e. The number of aromatic nitrogens is 2. The first-order valence-corrected chi connectivity index (χ1v) is 12.6. The molecular formula is C29H24F2N4O4. The molecule has 2 atom stereocenters. The summed E-state index contributed by atoms with van der Waals surface area (Å²) in [6, 6.07) is 12.2. The molecule has 0 aliphatic carbocycles. The van der Waals surface area contributed by atoms with E-state index in [1.807, 2.05) is 18.2 Å². The van der Waals surface area contributed by atoms with Gasteiger partial charge in [0.05, 0.1) is 30.0 Å². The Bertz CT molecular complexity index is 1580. The van der Waals surface area contributed by atoms with E-state index in [4.69, 9.17) is 4.74 Å². The third kappa shape index (κ3) is 4.57. The summed E-state index contributed by atoms with van der Waals surface area (Å²) in [4.78, 5) is 35.8. The number of carbonyl (C=O) groups is 2. The predicted octanol–water partition coefficient (Wildman–Crippen LogP) is 5.01. The first kappa shape index (κ1) is 24.9. The van der Waals surface area contributed by atoms with Gasteiger partial charge in [0.25, 0.3) is 0 Å². The number of carboxylic acid groups (broad SMARTS) is 1. The van der Waals surface area contributed by atoms with Crippen LogP contribution in [-0.2, 0) is 4.74 Å². The molecule has 0 saturated carbocycles. The molecule has 2 unspecified atom stereocenters. The Balaban J connectivity index is 1.52.